The lowest BCUT2D eigenvalue weighted by atomic mass is 9.93. The number of unbranched alkanes of at least 4 members (excludes halogenated alkanes) is 1. The van der Waals surface area contributed by atoms with Crippen molar-refractivity contribution in [2.24, 2.45) is 0 Å². The van der Waals surface area contributed by atoms with Crippen LogP contribution >= 0.6 is 11.0 Å². The lowest BCUT2D eigenvalue weighted by molar-refractivity contribution is 0.384. The van der Waals surface area contributed by atoms with E-state index in [1.165, 1.54) is 0 Å². The lowest BCUT2D eigenvalue weighted by Crippen LogP contribution is -2.39. The van der Waals surface area contributed by atoms with Crippen LogP contribution in [0, 0.1) is 0 Å². The van der Waals surface area contributed by atoms with Crippen LogP contribution in [-0.2, 0) is 8.87 Å². The summed E-state index contributed by atoms with van der Waals surface area (Å²) in [6.45, 7) is 4.17. The van der Waals surface area contributed by atoms with Gasteiger partial charge in [-0.3, -0.25) is 0 Å². The van der Waals surface area contributed by atoms with E-state index < -0.39 is 8.87 Å². The van der Waals surface area contributed by atoms with E-state index in [0.29, 0.717) is 5.75 Å². The van der Waals surface area contributed by atoms with E-state index in [-0.39, 0.29) is 5.54 Å². The van der Waals surface area contributed by atoms with Gasteiger partial charge in [-0.15, -0.1) is 0 Å². The number of hydrogen-bond donors (Lipinski definition) is 1. The van der Waals surface area contributed by atoms with Crippen LogP contribution in [0.1, 0.15) is 39.5 Å². The highest BCUT2D eigenvalue weighted by atomic mass is 33.1. The standard InChI is InChI=1S/C8H17NO2S2/c1-3-5-6-8(4-2)7-13(10,11)12-9-8/h9H,3-7H2,1-2H3. The van der Waals surface area contributed by atoms with Gasteiger partial charge in [-0.25, -0.2) is 13.1 Å². The van der Waals surface area contributed by atoms with Gasteiger partial charge in [0, 0.05) is 5.54 Å². The van der Waals surface area contributed by atoms with Crippen LogP contribution in [0.15, 0.2) is 0 Å². The molecule has 78 valence electrons. The molecule has 0 spiro atoms. The zero-order valence-electron chi connectivity index (χ0n) is 8.17. The molecular formula is C8H17NO2S2. The van der Waals surface area contributed by atoms with Crippen molar-refractivity contribution >= 4 is 19.8 Å². The summed E-state index contributed by atoms with van der Waals surface area (Å²) in [7, 11) is -1.99. The minimum absolute atomic E-state index is 0.153. The molecule has 1 saturated heterocycles. The molecule has 0 amide bonds. The van der Waals surface area contributed by atoms with Crippen LogP contribution in [0.4, 0.5) is 0 Å². The summed E-state index contributed by atoms with van der Waals surface area (Å²) in [4.78, 5) is 0. The molecule has 13 heavy (non-hydrogen) atoms. The summed E-state index contributed by atoms with van der Waals surface area (Å²) in [5.74, 6) is 0.293. The Morgan fingerprint density at radius 1 is 1.46 bits per heavy atom. The van der Waals surface area contributed by atoms with Gasteiger partial charge in [-0.05, 0) is 12.8 Å². The fraction of sp³-hybridized carbons (Fsp3) is 1.00. The molecule has 0 bridgehead atoms. The van der Waals surface area contributed by atoms with E-state index >= 15 is 0 Å². The molecule has 0 saturated carbocycles. The Labute approximate surface area is 84.1 Å². The largest absolute Gasteiger partial charge is 0.243 e. The molecule has 1 unspecified atom stereocenters. The second-order valence-electron chi connectivity index (χ2n) is 3.62. The van der Waals surface area contributed by atoms with Crippen molar-refractivity contribution in [2.45, 2.75) is 45.1 Å². The monoisotopic (exact) mass is 223 g/mol. The fourth-order valence-electron chi connectivity index (χ4n) is 1.54. The summed E-state index contributed by atoms with van der Waals surface area (Å²) in [6, 6.07) is 0. The van der Waals surface area contributed by atoms with E-state index in [9.17, 15) is 8.42 Å². The Kier molecular flexibility index (Phi) is 3.65. The Hall–Kier alpha value is 0.260. The third-order valence-corrected chi connectivity index (χ3v) is 5.57. The van der Waals surface area contributed by atoms with Gasteiger partial charge in [0.15, 0.2) is 0 Å². The molecule has 0 aromatic carbocycles. The molecule has 1 aliphatic heterocycles. The second kappa shape index (κ2) is 4.19. The molecule has 0 aromatic heterocycles. The quantitative estimate of drug-likeness (QED) is 0.584. The van der Waals surface area contributed by atoms with Crippen molar-refractivity contribution in [2.75, 3.05) is 5.75 Å². The van der Waals surface area contributed by atoms with E-state index in [1.807, 2.05) is 6.92 Å². The van der Waals surface area contributed by atoms with Crippen LogP contribution in [0.25, 0.3) is 0 Å². The lowest BCUT2D eigenvalue weighted by Gasteiger charge is -2.24. The fourth-order valence-corrected chi connectivity index (χ4v) is 5.17. The predicted octanol–water partition coefficient (Wildman–Crippen LogP) is 1.91. The van der Waals surface area contributed by atoms with Gasteiger partial charge >= 0.3 is 0 Å². The van der Waals surface area contributed by atoms with Crippen molar-refractivity contribution in [3.63, 3.8) is 0 Å². The van der Waals surface area contributed by atoms with Crippen molar-refractivity contribution in [3.05, 3.63) is 0 Å². The molecule has 0 radical (unpaired) electrons. The Morgan fingerprint density at radius 2 is 2.15 bits per heavy atom. The Bertz CT molecular complexity index is 263. The first kappa shape index (κ1) is 11.3. The maximum absolute atomic E-state index is 11.3. The summed E-state index contributed by atoms with van der Waals surface area (Å²) in [5.41, 5.74) is -0.153. The van der Waals surface area contributed by atoms with Crippen molar-refractivity contribution in [3.8, 4) is 0 Å². The van der Waals surface area contributed by atoms with E-state index in [4.69, 9.17) is 0 Å². The van der Waals surface area contributed by atoms with Gasteiger partial charge in [-0.2, -0.15) is 0 Å². The van der Waals surface area contributed by atoms with Crippen molar-refractivity contribution in [1.82, 2.24) is 4.72 Å². The van der Waals surface area contributed by atoms with Gasteiger partial charge in [0.2, 0.25) is 8.87 Å². The van der Waals surface area contributed by atoms with Crippen LogP contribution in [0.3, 0.4) is 0 Å². The first-order chi connectivity index (χ1) is 6.04. The van der Waals surface area contributed by atoms with Crippen LogP contribution in [-0.4, -0.2) is 19.7 Å². The summed E-state index contributed by atoms with van der Waals surface area (Å²) < 4.78 is 25.6. The predicted molar refractivity (Wildman–Crippen MR) is 57.1 cm³/mol. The number of hydrogen-bond acceptors (Lipinski definition) is 4. The first-order valence-corrected chi connectivity index (χ1v) is 7.70. The molecule has 5 heteroatoms. The van der Waals surface area contributed by atoms with Crippen LogP contribution < -0.4 is 4.72 Å². The molecule has 1 atom stereocenters. The topological polar surface area (TPSA) is 46.2 Å². The van der Waals surface area contributed by atoms with Gasteiger partial charge < -0.3 is 0 Å². The minimum atomic E-state index is -2.89. The molecule has 1 aliphatic rings. The van der Waals surface area contributed by atoms with E-state index in [0.717, 1.165) is 36.7 Å². The van der Waals surface area contributed by atoms with Crippen molar-refractivity contribution in [1.29, 1.82) is 0 Å². The average molecular weight is 223 g/mol. The molecular weight excluding hydrogens is 206 g/mol. The zero-order valence-corrected chi connectivity index (χ0v) is 9.80. The minimum Gasteiger partial charge on any atom is -0.243 e. The molecule has 1 heterocycles. The molecule has 1 N–H and O–H groups in total. The molecule has 0 aromatic rings. The summed E-state index contributed by atoms with van der Waals surface area (Å²) in [5, 5.41) is 0. The first-order valence-electron chi connectivity index (χ1n) is 4.72. The second-order valence-corrected chi connectivity index (χ2v) is 7.42. The smallest absolute Gasteiger partial charge is 0.217 e. The molecule has 1 rings (SSSR count). The Balaban J connectivity index is 2.63. The third kappa shape index (κ3) is 2.86. The normalized spacial score (nSPS) is 32.2. The summed E-state index contributed by atoms with van der Waals surface area (Å²) >= 11 is 0. The highest BCUT2D eigenvalue weighted by molar-refractivity contribution is 8.71. The maximum atomic E-state index is 11.3. The SMILES string of the molecule is CCCCC1(CC)CS(=O)(=O)SN1. The van der Waals surface area contributed by atoms with Crippen LogP contribution in [0.5, 0.6) is 0 Å². The van der Waals surface area contributed by atoms with Gasteiger partial charge in [0.1, 0.15) is 0 Å². The van der Waals surface area contributed by atoms with Gasteiger partial charge in [0.05, 0.1) is 16.7 Å². The van der Waals surface area contributed by atoms with Crippen LogP contribution in [0.2, 0.25) is 0 Å². The van der Waals surface area contributed by atoms with Gasteiger partial charge in [0.25, 0.3) is 0 Å². The summed E-state index contributed by atoms with van der Waals surface area (Å²) in [6.07, 6.45) is 4.07. The van der Waals surface area contributed by atoms with E-state index in [2.05, 4.69) is 11.6 Å². The Morgan fingerprint density at radius 3 is 2.54 bits per heavy atom. The maximum Gasteiger partial charge on any atom is 0.217 e. The molecule has 1 fully saturated rings. The highest BCUT2D eigenvalue weighted by Gasteiger charge is 2.40. The third-order valence-electron chi connectivity index (χ3n) is 2.52. The van der Waals surface area contributed by atoms with E-state index in [1.54, 1.807) is 0 Å². The zero-order chi connectivity index (χ0) is 9.95. The molecule has 3 nitrogen and oxygen atoms in total. The van der Waals surface area contributed by atoms with Crippen molar-refractivity contribution < 1.29 is 8.42 Å². The molecule has 0 aliphatic carbocycles. The number of nitrogens with one attached hydrogen (secondary N) is 1. The average Bonchev–Trinajstić information content (AvgIpc) is 2.40. The van der Waals surface area contributed by atoms with Gasteiger partial charge in [-0.1, -0.05) is 26.7 Å². The number of rotatable bonds is 4. The highest BCUT2D eigenvalue weighted by Crippen LogP contribution is 2.33.